The number of carbonyl (C=O) groups excluding carboxylic acids is 12. The topological polar surface area (TPSA) is 356 Å². The van der Waals surface area contributed by atoms with Gasteiger partial charge in [-0.3, -0.25) is 57.9 Å². The van der Waals surface area contributed by atoms with Gasteiger partial charge in [0.05, 0.1) is 49.8 Å². The highest BCUT2D eigenvalue weighted by Gasteiger charge is 2.44. The van der Waals surface area contributed by atoms with E-state index >= 15 is 0 Å². The Morgan fingerprint density at radius 3 is 1.94 bits per heavy atom. The average Bonchev–Trinajstić information content (AvgIpc) is 1.39. The van der Waals surface area contributed by atoms with E-state index < -0.39 is 96.2 Å². The van der Waals surface area contributed by atoms with Crippen LogP contribution >= 0.6 is 0 Å². The van der Waals surface area contributed by atoms with Crippen LogP contribution in [0.3, 0.4) is 0 Å². The summed E-state index contributed by atoms with van der Waals surface area (Å²) in [5.74, 6) is -5.38. The molecule has 2 fully saturated rings. The fourth-order valence-electron chi connectivity index (χ4n) is 14.2. The summed E-state index contributed by atoms with van der Waals surface area (Å²) in [7, 11) is 9.47. The number of primary amides is 1. The molecule has 598 valence electrons. The van der Waals surface area contributed by atoms with Crippen molar-refractivity contribution in [2.45, 2.75) is 220 Å². The number of hydrogen-bond acceptors (Lipinski definition) is 17. The highest BCUT2D eigenvalue weighted by atomic mass is 16.6. The lowest BCUT2D eigenvalue weighted by Crippen LogP contribution is -2.60. The van der Waals surface area contributed by atoms with E-state index in [9.17, 15) is 57.5 Å². The third-order valence-corrected chi connectivity index (χ3v) is 20.6. The number of benzene rings is 3. The lowest BCUT2D eigenvalue weighted by Gasteiger charge is -2.41. The Morgan fingerprint density at radius 2 is 1.35 bits per heavy atom. The minimum Gasteiger partial charge on any atom is -0.467 e. The SMILES string of the molecule is CC[C@H](C)[C@@H]([C@@H](CC(=O)N1CCC[C@H]1[C@H](OC)[C@@H](C)C(=O)N[C@@H](Cc1ccccc1)C(=O)OC)OC)N(C)C(=O)[C@@H](NC(=O)[C@H](C(C)C)N(C)CCc1ccc(N(C)C(=O)OCc2ccc(NC(=O)[C@H](CCCNC(N)=O)NC(=O)[C@H](CC(C)C)NC(=O)CCCCCN3C(=O)CC(C)C3=O)cc2)cc1)C(C)C. The molecule has 3 aromatic rings. The van der Waals surface area contributed by atoms with Crippen molar-refractivity contribution in [1.82, 2.24) is 46.2 Å². The number of nitrogens with zero attached hydrogens (tertiary/aromatic N) is 5. The summed E-state index contributed by atoms with van der Waals surface area (Å²) in [6.45, 7) is 20.2. The van der Waals surface area contributed by atoms with E-state index in [-0.39, 0.29) is 123 Å². The van der Waals surface area contributed by atoms with E-state index in [1.165, 1.54) is 31.1 Å². The number of rotatable bonds is 44. The summed E-state index contributed by atoms with van der Waals surface area (Å²) < 4.78 is 22.9. The monoisotopic (exact) mass is 1510 g/mol. The molecule has 2 heterocycles. The molecule has 12 amide bonds. The number of nitrogens with one attached hydrogen (secondary N) is 6. The molecule has 1 unspecified atom stereocenters. The van der Waals surface area contributed by atoms with Crippen LogP contribution in [-0.4, -0.2) is 214 Å². The van der Waals surface area contributed by atoms with E-state index in [0.29, 0.717) is 81.5 Å². The number of urea groups is 1. The van der Waals surface area contributed by atoms with E-state index in [1.54, 1.807) is 74.1 Å². The number of ether oxygens (including phenoxy) is 4. The molecule has 5 rings (SSSR count). The number of methoxy groups -OCH3 is 3. The highest BCUT2D eigenvalue weighted by Crippen LogP contribution is 2.31. The van der Waals surface area contributed by atoms with Gasteiger partial charge < -0.3 is 66.4 Å². The van der Waals surface area contributed by atoms with Crippen molar-refractivity contribution >= 4 is 82.6 Å². The number of unbranched alkanes of at least 4 members (excludes halogenated alkanes) is 2. The molecule has 2 saturated heterocycles. The van der Waals surface area contributed by atoms with Gasteiger partial charge in [-0.2, -0.15) is 0 Å². The summed E-state index contributed by atoms with van der Waals surface area (Å²) in [6.07, 6.45) is 3.16. The smallest absolute Gasteiger partial charge is 0.414 e. The van der Waals surface area contributed by atoms with Gasteiger partial charge in [-0.05, 0) is 123 Å². The van der Waals surface area contributed by atoms with E-state index in [1.807, 2.05) is 110 Å². The number of likely N-dealkylation sites (tertiary alicyclic amines) is 2. The van der Waals surface area contributed by atoms with Crippen LogP contribution in [0.4, 0.5) is 21.0 Å². The molecule has 2 aliphatic heterocycles. The van der Waals surface area contributed by atoms with Gasteiger partial charge in [-0.1, -0.05) is 137 Å². The Bertz CT molecular complexity index is 3450. The van der Waals surface area contributed by atoms with Gasteiger partial charge in [0.25, 0.3) is 0 Å². The molecule has 28 heteroatoms. The molecule has 0 aliphatic carbocycles. The van der Waals surface area contributed by atoms with Crippen LogP contribution in [0.5, 0.6) is 0 Å². The molecule has 0 radical (unpaired) electrons. The quantitative estimate of drug-likeness (QED) is 0.0166. The number of carbonyl (C=O) groups is 12. The minimum atomic E-state index is -1.07. The minimum absolute atomic E-state index is 0.00130. The Hall–Kier alpha value is -9.02. The van der Waals surface area contributed by atoms with E-state index in [2.05, 4.69) is 31.9 Å². The molecule has 0 saturated carbocycles. The Labute approximate surface area is 638 Å². The molecule has 0 aromatic heterocycles. The zero-order valence-corrected chi connectivity index (χ0v) is 66.4. The summed E-state index contributed by atoms with van der Waals surface area (Å²) >= 11 is 0. The lowest BCUT2D eigenvalue weighted by atomic mass is 9.89. The first-order valence-corrected chi connectivity index (χ1v) is 38.2. The first kappa shape index (κ1) is 89.6. The van der Waals surface area contributed by atoms with Crippen LogP contribution in [0, 0.1) is 35.5 Å². The number of anilines is 2. The largest absolute Gasteiger partial charge is 0.467 e. The Morgan fingerprint density at radius 1 is 0.694 bits per heavy atom. The van der Waals surface area contributed by atoms with Crippen molar-refractivity contribution in [3.05, 3.63) is 95.6 Å². The van der Waals surface area contributed by atoms with E-state index in [4.69, 9.17) is 24.7 Å². The van der Waals surface area contributed by atoms with Crippen molar-refractivity contribution in [2.24, 2.45) is 41.2 Å². The standard InChI is InChI=1S/C80H122N12O16/c1-17-52(8)70(64(105-14)47-67(95)91-42-25-29-63(91)71(106-15)54(10)72(96)86-62(78(102)107-16)46-56-26-20-18-21-27-56)90(13)77(101)68(50(4)5)87-75(99)69(51(6)7)88(11)43-39-55-33-37-59(38-34-55)89(12)80(104)108-48-57-31-35-58(36-32-57)83-73(97)60(28-24-40-82-79(81)103)85-74(98)61(44-49(2)3)84-65(93)30-22-19-23-41-92-66(94)45-53(9)76(92)100/h18,20-21,26-27,31-38,49-54,60-64,68-71H,17,19,22-25,28-30,39-48H2,1-16H3,(H,83,97)(H,84,93)(H,85,98)(H,86,96)(H,87,99)(H3,81,82,103)/t52-,53?,54+,60-,61-,62-,63-,64+,68-,69-,70-,71+/m0/s1. The lowest BCUT2D eigenvalue weighted by molar-refractivity contribution is -0.149. The number of hydrogen-bond donors (Lipinski definition) is 7. The second-order valence-corrected chi connectivity index (χ2v) is 30.0. The van der Waals surface area contributed by atoms with Gasteiger partial charge in [-0.15, -0.1) is 0 Å². The molecule has 2 aliphatic rings. The Kier molecular flexibility index (Phi) is 36.9. The summed E-state index contributed by atoms with van der Waals surface area (Å²) in [5, 5.41) is 16.9. The maximum absolute atomic E-state index is 14.9. The van der Waals surface area contributed by atoms with Gasteiger partial charge in [-0.25, -0.2) is 14.4 Å². The van der Waals surface area contributed by atoms with Crippen LogP contribution in [0.25, 0.3) is 0 Å². The molecular weight excluding hydrogens is 1380 g/mol. The summed E-state index contributed by atoms with van der Waals surface area (Å²) in [6, 6.07) is 17.0. The third-order valence-electron chi connectivity index (χ3n) is 20.6. The van der Waals surface area contributed by atoms with Crippen LogP contribution < -0.4 is 42.5 Å². The van der Waals surface area contributed by atoms with Crippen LogP contribution in [0.2, 0.25) is 0 Å². The summed E-state index contributed by atoms with van der Waals surface area (Å²) in [4.78, 5) is 169. The molecule has 28 nitrogen and oxygen atoms in total. The number of likely N-dealkylation sites (N-methyl/N-ethyl adjacent to an activating group) is 2. The molecule has 0 spiro atoms. The van der Waals surface area contributed by atoms with Crippen molar-refractivity contribution in [1.29, 1.82) is 0 Å². The molecule has 3 aromatic carbocycles. The zero-order chi connectivity index (χ0) is 80.1. The molecular formula is C80H122N12O16. The fourth-order valence-corrected chi connectivity index (χ4v) is 14.2. The number of imide groups is 1. The van der Waals surface area contributed by atoms with Crippen molar-refractivity contribution in [2.75, 3.05) is 78.9 Å². The normalized spacial score (nSPS) is 17.2. The van der Waals surface area contributed by atoms with Crippen LogP contribution in [0.15, 0.2) is 78.9 Å². The fraction of sp³-hybridized carbons (Fsp3) is 0.625. The van der Waals surface area contributed by atoms with Gasteiger partial charge in [0.15, 0.2) is 0 Å². The molecule has 108 heavy (non-hydrogen) atoms. The number of esters is 1. The first-order chi connectivity index (χ1) is 51.2. The second kappa shape index (κ2) is 44.5. The van der Waals surface area contributed by atoms with Gasteiger partial charge in [0, 0.05) is 91.0 Å². The van der Waals surface area contributed by atoms with Crippen LogP contribution in [0.1, 0.15) is 163 Å². The maximum Gasteiger partial charge on any atom is 0.414 e. The predicted molar refractivity (Wildman–Crippen MR) is 411 cm³/mol. The number of nitrogens with two attached hydrogens (primary N) is 1. The molecule has 8 N–H and O–H groups in total. The van der Waals surface area contributed by atoms with Gasteiger partial charge in [0.2, 0.25) is 53.2 Å². The van der Waals surface area contributed by atoms with Gasteiger partial charge >= 0.3 is 18.1 Å². The molecule has 12 atom stereocenters. The predicted octanol–water partition coefficient (Wildman–Crippen LogP) is 7.28. The first-order valence-electron chi connectivity index (χ1n) is 38.2. The second-order valence-electron chi connectivity index (χ2n) is 30.0. The number of amides is 12. The van der Waals surface area contributed by atoms with Crippen molar-refractivity contribution < 1.29 is 76.5 Å². The molecule has 0 bridgehead atoms. The van der Waals surface area contributed by atoms with Crippen LogP contribution in [-0.2, 0) is 86.3 Å². The highest BCUT2D eigenvalue weighted by molar-refractivity contribution is 6.03. The van der Waals surface area contributed by atoms with Crippen molar-refractivity contribution in [3.63, 3.8) is 0 Å². The van der Waals surface area contributed by atoms with Crippen molar-refractivity contribution in [3.8, 4) is 0 Å². The third kappa shape index (κ3) is 27.0. The zero-order valence-electron chi connectivity index (χ0n) is 66.4. The summed E-state index contributed by atoms with van der Waals surface area (Å²) in [5.41, 5.74) is 8.63. The Balaban J connectivity index is 1.13. The maximum atomic E-state index is 14.9. The van der Waals surface area contributed by atoms with Gasteiger partial charge in [0.1, 0.15) is 30.8 Å². The average molecular weight is 1510 g/mol. The van der Waals surface area contributed by atoms with E-state index in [0.717, 1.165) is 11.1 Å².